The van der Waals surface area contributed by atoms with Crippen LogP contribution in [-0.2, 0) is 9.59 Å². The van der Waals surface area contributed by atoms with Gasteiger partial charge in [-0.15, -0.1) is 0 Å². The van der Waals surface area contributed by atoms with Gasteiger partial charge in [-0.1, -0.05) is 6.92 Å². The van der Waals surface area contributed by atoms with Gasteiger partial charge in [-0.05, 0) is 30.9 Å². The number of amides is 1. The van der Waals surface area contributed by atoms with E-state index < -0.39 is 10.9 Å². The lowest BCUT2D eigenvalue weighted by Crippen LogP contribution is -2.45. The molecule has 136 valence electrons. The second-order valence-corrected chi connectivity index (χ2v) is 6.38. The number of non-ortho nitro benzene ring substituents is 1. The van der Waals surface area contributed by atoms with E-state index in [-0.39, 0.29) is 23.4 Å². The summed E-state index contributed by atoms with van der Waals surface area (Å²) in [6, 6.07) is 6.14. The molecule has 1 aliphatic rings. The number of nitrogens with one attached hydrogen (secondary N) is 1. The molecular formula is C17H23N3O5. The van der Waals surface area contributed by atoms with Crippen molar-refractivity contribution in [2.75, 3.05) is 25.0 Å². The second-order valence-electron chi connectivity index (χ2n) is 6.38. The zero-order valence-corrected chi connectivity index (χ0v) is 14.2. The highest BCUT2D eigenvalue weighted by molar-refractivity contribution is 5.77. The molecule has 0 aliphatic carbocycles. The third kappa shape index (κ3) is 5.17. The molecule has 8 nitrogen and oxygen atoms in total. The maximum atomic E-state index is 12.2. The fourth-order valence-electron chi connectivity index (χ4n) is 3.07. The first-order valence-electron chi connectivity index (χ1n) is 8.37. The number of nitrogens with zero attached hydrogens (tertiary/aromatic N) is 2. The minimum Gasteiger partial charge on any atom is -0.481 e. The summed E-state index contributed by atoms with van der Waals surface area (Å²) in [7, 11) is 0. The van der Waals surface area contributed by atoms with Gasteiger partial charge >= 0.3 is 5.97 Å². The minimum atomic E-state index is -0.785. The predicted octanol–water partition coefficient (Wildman–Crippen LogP) is 2.36. The van der Waals surface area contributed by atoms with E-state index in [4.69, 9.17) is 5.11 Å². The molecule has 2 unspecified atom stereocenters. The number of anilines is 1. The van der Waals surface area contributed by atoms with E-state index in [0.717, 1.165) is 5.69 Å². The van der Waals surface area contributed by atoms with E-state index in [0.29, 0.717) is 38.9 Å². The molecular weight excluding hydrogens is 326 g/mol. The maximum absolute atomic E-state index is 12.2. The Morgan fingerprint density at radius 2 is 2.04 bits per heavy atom. The van der Waals surface area contributed by atoms with Gasteiger partial charge in [0.25, 0.3) is 5.69 Å². The van der Waals surface area contributed by atoms with Crippen LogP contribution >= 0.6 is 0 Å². The molecule has 8 heteroatoms. The number of benzene rings is 1. The van der Waals surface area contributed by atoms with E-state index in [2.05, 4.69) is 5.32 Å². The number of nitro benzene ring substituents is 1. The first kappa shape index (κ1) is 18.7. The van der Waals surface area contributed by atoms with Crippen molar-refractivity contribution >= 4 is 23.3 Å². The Balaban J connectivity index is 1.70. The zero-order chi connectivity index (χ0) is 18.4. The topological polar surface area (TPSA) is 113 Å². The molecule has 1 amide bonds. The number of carboxylic acids is 1. The molecule has 1 saturated heterocycles. The molecule has 2 atom stereocenters. The monoisotopic (exact) mass is 349 g/mol. The van der Waals surface area contributed by atoms with E-state index in [9.17, 15) is 19.7 Å². The largest absolute Gasteiger partial charge is 0.481 e. The zero-order valence-electron chi connectivity index (χ0n) is 14.2. The highest BCUT2D eigenvalue weighted by Gasteiger charge is 2.32. The Bertz CT molecular complexity index is 632. The van der Waals surface area contributed by atoms with Crippen LogP contribution in [0.2, 0.25) is 0 Å². The maximum Gasteiger partial charge on any atom is 0.306 e. The molecule has 1 heterocycles. The number of carboxylic acid groups (broad SMARTS) is 1. The molecule has 1 aromatic rings. The van der Waals surface area contributed by atoms with Crippen LogP contribution in [0.4, 0.5) is 11.4 Å². The molecule has 0 saturated carbocycles. The summed E-state index contributed by atoms with van der Waals surface area (Å²) in [5, 5.41) is 22.8. The lowest BCUT2D eigenvalue weighted by molar-refractivity contribution is -0.384. The Kier molecular flexibility index (Phi) is 6.32. The number of hydrogen-bond donors (Lipinski definition) is 2. The van der Waals surface area contributed by atoms with Crippen molar-refractivity contribution in [2.45, 2.75) is 26.2 Å². The highest BCUT2D eigenvalue weighted by atomic mass is 16.6. The van der Waals surface area contributed by atoms with Gasteiger partial charge in [0.2, 0.25) is 5.91 Å². The van der Waals surface area contributed by atoms with Gasteiger partial charge in [0, 0.05) is 43.9 Å². The summed E-state index contributed by atoms with van der Waals surface area (Å²) in [4.78, 5) is 35.2. The number of aliphatic carboxylic acids is 1. The van der Waals surface area contributed by atoms with E-state index in [1.165, 1.54) is 12.1 Å². The van der Waals surface area contributed by atoms with Gasteiger partial charge < -0.3 is 15.3 Å². The van der Waals surface area contributed by atoms with Crippen LogP contribution in [0.5, 0.6) is 0 Å². The van der Waals surface area contributed by atoms with Gasteiger partial charge in [0.1, 0.15) is 0 Å². The molecule has 0 radical (unpaired) electrons. The predicted molar refractivity (Wildman–Crippen MR) is 92.3 cm³/mol. The number of piperidine rings is 1. The molecule has 1 fully saturated rings. The molecule has 2 rings (SSSR count). The molecule has 0 aromatic heterocycles. The smallest absolute Gasteiger partial charge is 0.306 e. The third-order valence-corrected chi connectivity index (χ3v) is 4.55. The number of hydrogen-bond acceptors (Lipinski definition) is 5. The van der Waals surface area contributed by atoms with Crippen LogP contribution in [0.15, 0.2) is 24.3 Å². The average molecular weight is 349 g/mol. The molecule has 0 spiro atoms. The molecule has 1 aromatic carbocycles. The molecule has 1 aliphatic heterocycles. The van der Waals surface area contributed by atoms with Gasteiger partial charge in [-0.3, -0.25) is 19.7 Å². The average Bonchev–Trinajstić information content (AvgIpc) is 2.58. The molecule has 0 bridgehead atoms. The van der Waals surface area contributed by atoms with Crippen molar-refractivity contribution in [2.24, 2.45) is 11.8 Å². The van der Waals surface area contributed by atoms with Crippen molar-refractivity contribution in [3.63, 3.8) is 0 Å². The minimum absolute atomic E-state index is 0.0339. The van der Waals surface area contributed by atoms with Crippen molar-refractivity contribution in [3.8, 4) is 0 Å². The van der Waals surface area contributed by atoms with Crippen LogP contribution in [0, 0.1) is 22.0 Å². The number of nitro groups is 1. The lowest BCUT2D eigenvalue weighted by atomic mass is 9.87. The first-order chi connectivity index (χ1) is 11.9. The van der Waals surface area contributed by atoms with Crippen molar-refractivity contribution < 1.29 is 19.6 Å². The summed E-state index contributed by atoms with van der Waals surface area (Å²) in [5.74, 6) is -1.14. The van der Waals surface area contributed by atoms with Gasteiger partial charge in [0.05, 0.1) is 10.8 Å². The van der Waals surface area contributed by atoms with Crippen LogP contribution in [0.1, 0.15) is 26.2 Å². The standard InChI is InChI=1S/C17H23N3O5/c1-12-11-19(10-8-15(12)17(22)23)16(21)3-2-9-18-13-4-6-14(7-5-13)20(24)25/h4-7,12,15,18H,2-3,8-11H2,1H3,(H,22,23). The number of likely N-dealkylation sites (tertiary alicyclic amines) is 1. The SMILES string of the molecule is CC1CN(C(=O)CCCNc2ccc([N+](=O)[O-])cc2)CCC1C(=O)O. The molecule has 25 heavy (non-hydrogen) atoms. The summed E-state index contributed by atoms with van der Waals surface area (Å²) >= 11 is 0. The summed E-state index contributed by atoms with van der Waals surface area (Å²) in [6.07, 6.45) is 1.54. The van der Waals surface area contributed by atoms with Crippen LogP contribution in [-0.4, -0.2) is 46.4 Å². The Morgan fingerprint density at radius 3 is 2.60 bits per heavy atom. The van der Waals surface area contributed by atoms with Crippen molar-refractivity contribution in [3.05, 3.63) is 34.4 Å². The van der Waals surface area contributed by atoms with E-state index in [1.807, 2.05) is 6.92 Å². The fourth-order valence-corrected chi connectivity index (χ4v) is 3.07. The van der Waals surface area contributed by atoms with Crippen LogP contribution < -0.4 is 5.32 Å². The van der Waals surface area contributed by atoms with Crippen LogP contribution in [0.25, 0.3) is 0 Å². The Hall–Kier alpha value is -2.64. The summed E-state index contributed by atoms with van der Waals surface area (Å²) < 4.78 is 0. The van der Waals surface area contributed by atoms with E-state index in [1.54, 1.807) is 17.0 Å². The molecule has 2 N–H and O–H groups in total. The summed E-state index contributed by atoms with van der Waals surface area (Å²) in [6.45, 7) is 3.45. The fraction of sp³-hybridized carbons (Fsp3) is 0.529. The quantitative estimate of drug-likeness (QED) is 0.444. The Morgan fingerprint density at radius 1 is 1.36 bits per heavy atom. The number of carbonyl (C=O) groups is 2. The van der Waals surface area contributed by atoms with Gasteiger partial charge in [-0.2, -0.15) is 0 Å². The van der Waals surface area contributed by atoms with Gasteiger partial charge in [0.15, 0.2) is 0 Å². The highest BCUT2D eigenvalue weighted by Crippen LogP contribution is 2.24. The normalized spacial score (nSPS) is 20.1. The van der Waals surface area contributed by atoms with Crippen molar-refractivity contribution in [1.82, 2.24) is 4.90 Å². The van der Waals surface area contributed by atoms with Gasteiger partial charge in [-0.25, -0.2) is 0 Å². The number of rotatable bonds is 7. The third-order valence-electron chi connectivity index (χ3n) is 4.55. The Labute approximate surface area is 146 Å². The van der Waals surface area contributed by atoms with Crippen LogP contribution in [0.3, 0.4) is 0 Å². The lowest BCUT2D eigenvalue weighted by Gasteiger charge is -2.35. The van der Waals surface area contributed by atoms with Crippen molar-refractivity contribution in [1.29, 1.82) is 0 Å². The number of carbonyl (C=O) groups excluding carboxylic acids is 1. The second kappa shape index (κ2) is 8.46. The van der Waals surface area contributed by atoms with E-state index >= 15 is 0 Å². The first-order valence-corrected chi connectivity index (χ1v) is 8.37. The summed E-state index contributed by atoms with van der Waals surface area (Å²) in [5.41, 5.74) is 0.813.